The lowest BCUT2D eigenvalue weighted by Gasteiger charge is -2.31. The number of hydrogen-bond acceptors (Lipinski definition) is 8. The number of aliphatic hydroxyl groups excluding tert-OH is 1. The van der Waals surface area contributed by atoms with Crippen LogP contribution in [0.5, 0.6) is 0 Å². The number of β-amino-alcohol motifs (C(OH)–C–C–N with tert-alkyl or cyclic N) is 1. The number of aliphatic hydroxyl groups is 1. The van der Waals surface area contributed by atoms with Crippen LogP contribution in [0.4, 0.5) is 11.8 Å². The number of aromatic nitrogens is 4. The van der Waals surface area contributed by atoms with E-state index >= 15 is 0 Å². The van der Waals surface area contributed by atoms with Gasteiger partial charge >= 0.3 is 0 Å². The topological polar surface area (TPSA) is 91.4 Å². The maximum absolute atomic E-state index is 9.82. The number of rotatable bonds is 5. The van der Waals surface area contributed by atoms with Gasteiger partial charge in [0.1, 0.15) is 5.82 Å². The lowest BCUT2D eigenvalue weighted by molar-refractivity contribution is 0.154. The summed E-state index contributed by atoms with van der Waals surface area (Å²) >= 11 is 0. The SMILES string of the molecule is CCc1nc(CN(C)c2nccc(N3CCC[C@H](O)C3)n2)no1. The van der Waals surface area contributed by atoms with Crippen LogP contribution in [0.3, 0.4) is 0 Å². The van der Waals surface area contributed by atoms with Gasteiger partial charge in [-0.05, 0) is 18.9 Å². The average molecular weight is 318 g/mol. The third kappa shape index (κ3) is 3.76. The highest BCUT2D eigenvalue weighted by Gasteiger charge is 2.20. The molecule has 1 atom stereocenters. The quantitative estimate of drug-likeness (QED) is 0.873. The molecule has 0 saturated carbocycles. The van der Waals surface area contributed by atoms with Crippen LogP contribution in [0.15, 0.2) is 16.8 Å². The summed E-state index contributed by atoms with van der Waals surface area (Å²) in [6.45, 7) is 3.98. The monoisotopic (exact) mass is 318 g/mol. The first kappa shape index (κ1) is 15.7. The third-order valence-electron chi connectivity index (χ3n) is 3.88. The van der Waals surface area contributed by atoms with Crippen LogP contribution in [0.2, 0.25) is 0 Å². The maximum atomic E-state index is 9.82. The van der Waals surface area contributed by atoms with Gasteiger partial charge in [-0.15, -0.1) is 0 Å². The number of hydrogen-bond donors (Lipinski definition) is 1. The molecular formula is C15H22N6O2. The van der Waals surface area contributed by atoms with Crippen molar-refractivity contribution in [1.29, 1.82) is 0 Å². The predicted molar refractivity (Wildman–Crippen MR) is 85.3 cm³/mol. The molecule has 0 unspecified atom stereocenters. The molecule has 124 valence electrons. The fourth-order valence-electron chi connectivity index (χ4n) is 2.64. The van der Waals surface area contributed by atoms with Gasteiger partial charge in [-0.3, -0.25) is 0 Å². The molecule has 8 nitrogen and oxygen atoms in total. The first-order chi connectivity index (χ1) is 11.2. The summed E-state index contributed by atoms with van der Waals surface area (Å²) in [6.07, 6.45) is 4.00. The Hall–Kier alpha value is -2.22. The molecule has 1 N–H and O–H groups in total. The second-order valence-corrected chi connectivity index (χ2v) is 5.77. The molecule has 3 rings (SSSR count). The smallest absolute Gasteiger partial charge is 0.227 e. The summed E-state index contributed by atoms with van der Waals surface area (Å²) in [7, 11) is 1.89. The van der Waals surface area contributed by atoms with Crippen LogP contribution < -0.4 is 9.80 Å². The van der Waals surface area contributed by atoms with Crippen molar-refractivity contribution >= 4 is 11.8 Å². The second-order valence-electron chi connectivity index (χ2n) is 5.77. The van der Waals surface area contributed by atoms with E-state index in [0.29, 0.717) is 30.8 Å². The van der Waals surface area contributed by atoms with Gasteiger partial charge < -0.3 is 19.4 Å². The number of anilines is 2. The molecule has 8 heteroatoms. The van der Waals surface area contributed by atoms with E-state index in [9.17, 15) is 5.11 Å². The number of aryl methyl sites for hydroxylation is 1. The van der Waals surface area contributed by atoms with E-state index in [1.165, 1.54) is 0 Å². The van der Waals surface area contributed by atoms with Crippen molar-refractivity contribution in [2.24, 2.45) is 0 Å². The zero-order valence-electron chi connectivity index (χ0n) is 13.5. The Bertz CT molecular complexity index is 646. The van der Waals surface area contributed by atoms with Crippen molar-refractivity contribution in [3.63, 3.8) is 0 Å². The first-order valence-corrected chi connectivity index (χ1v) is 7.94. The van der Waals surface area contributed by atoms with E-state index in [2.05, 4.69) is 25.0 Å². The van der Waals surface area contributed by atoms with E-state index in [0.717, 1.165) is 31.6 Å². The van der Waals surface area contributed by atoms with Crippen molar-refractivity contribution in [3.8, 4) is 0 Å². The normalized spacial score (nSPS) is 18.2. The zero-order valence-corrected chi connectivity index (χ0v) is 13.5. The van der Waals surface area contributed by atoms with Gasteiger partial charge in [-0.25, -0.2) is 4.98 Å². The zero-order chi connectivity index (χ0) is 16.2. The molecule has 0 amide bonds. The number of nitrogens with zero attached hydrogens (tertiary/aromatic N) is 6. The van der Waals surface area contributed by atoms with Gasteiger partial charge in [0.25, 0.3) is 0 Å². The molecule has 1 aliphatic heterocycles. The molecule has 0 bridgehead atoms. The fraction of sp³-hybridized carbons (Fsp3) is 0.600. The van der Waals surface area contributed by atoms with Gasteiger partial charge in [0.2, 0.25) is 11.8 Å². The third-order valence-corrected chi connectivity index (χ3v) is 3.88. The molecular weight excluding hydrogens is 296 g/mol. The van der Waals surface area contributed by atoms with E-state index in [-0.39, 0.29) is 6.10 Å². The summed E-state index contributed by atoms with van der Waals surface area (Å²) in [6, 6.07) is 1.87. The summed E-state index contributed by atoms with van der Waals surface area (Å²) in [4.78, 5) is 17.2. The molecule has 0 aromatic carbocycles. The highest BCUT2D eigenvalue weighted by Crippen LogP contribution is 2.19. The summed E-state index contributed by atoms with van der Waals surface area (Å²) in [5, 5.41) is 13.8. The Morgan fingerprint density at radius 3 is 3.04 bits per heavy atom. The Labute approximate surface area is 135 Å². The van der Waals surface area contributed by atoms with E-state index < -0.39 is 0 Å². The minimum absolute atomic E-state index is 0.285. The standard InChI is InChI=1S/C15H22N6O2/c1-3-14-17-12(19-23-14)10-20(2)15-16-7-6-13(18-15)21-8-4-5-11(22)9-21/h6-7,11,22H,3-5,8-10H2,1-2H3/t11-/m0/s1. The Kier molecular flexibility index (Phi) is 4.71. The maximum Gasteiger partial charge on any atom is 0.227 e. The largest absolute Gasteiger partial charge is 0.391 e. The fourth-order valence-corrected chi connectivity index (χ4v) is 2.64. The van der Waals surface area contributed by atoms with Gasteiger partial charge in [-0.1, -0.05) is 12.1 Å². The molecule has 1 fully saturated rings. The minimum atomic E-state index is -0.285. The second kappa shape index (κ2) is 6.91. The van der Waals surface area contributed by atoms with E-state index in [1.54, 1.807) is 6.20 Å². The summed E-state index contributed by atoms with van der Waals surface area (Å²) < 4.78 is 5.12. The molecule has 2 aromatic rings. The van der Waals surface area contributed by atoms with Crippen LogP contribution >= 0.6 is 0 Å². The predicted octanol–water partition coefficient (Wildman–Crippen LogP) is 1.02. The molecule has 3 heterocycles. The summed E-state index contributed by atoms with van der Waals surface area (Å²) in [5.41, 5.74) is 0. The molecule has 2 aromatic heterocycles. The van der Waals surface area contributed by atoms with Crippen LogP contribution in [-0.4, -0.2) is 51.5 Å². The molecule has 0 radical (unpaired) electrons. The van der Waals surface area contributed by atoms with Crippen LogP contribution in [0, 0.1) is 0 Å². The lowest BCUT2D eigenvalue weighted by atomic mass is 10.1. The van der Waals surface area contributed by atoms with Gasteiger partial charge in [0, 0.05) is 32.8 Å². The van der Waals surface area contributed by atoms with Crippen molar-refractivity contribution < 1.29 is 9.63 Å². The van der Waals surface area contributed by atoms with E-state index in [4.69, 9.17) is 4.52 Å². The Morgan fingerprint density at radius 1 is 1.43 bits per heavy atom. The summed E-state index contributed by atoms with van der Waals surface area (Å²) in [5.74, 6) is 2.69. The van der Waals surface area contributed by atoms with Crippen LogP contribution in [-0.2, 0) is 13.0 Å². The van der Waals surface area contributed by atoms with Crippen LogP contribution in [0.25, 0.3) is 0 Å². The highest BCUT2D eigenvalue weighted by atomic mass is 16.5. The first-order valence-electron chi connectivity index (χ1n) is 7.94. The van der Waals surface area contributed by atoms with Crippen molar-refractivity contribution in [2.75, 3.05) is 29.9 Å². The van der Waals surface area contributed by atoms with Gasteiger partial charge in [0.15, 0.2) is 5.82 Å². The Balaban J connectivity index is 1.70. The molecule has 1 aliphatic rings. The molecule has 0 spiro atoms. The lowest BCUT2D eigenvalue weighted by Crippen LogP contribution is -2.38. The van der Waals surface area contributed by atoms with Gasteiger partial charge in [-0.2, -0.15) is 9.97 Å². The minimum Gasteiger partial charge on any atom is -0.391 e. The average Bonchev–Trinajstić information content (AvgIpc) is 3.02. The van der Waals surface area contributed by atoms with Crippen molar-refractivity contribution in [3.05, 3.63) is 24.0 Å². The van der Waals surface area contributed by atoms with Crippen LogP contribution in [0.1, 0.15) is 31.5 Å². The van der Waals surface area contributed by atoms with Crippen molar-refractivity contribution in [2.45, 2.75) is 38.8 Å². The highest BCUT2D eigenvalue weighted by molar-refractivity contribution is 5.44. The molecule has 23 heavy (non-hydrogen) atoms. The molecule has 0 aliphatic carbocycles. The molecule has 1 saturated heterocycles. The van der Waals surface area contributed by atoms with Crippen molar-refractivity contribution in [1.82, 2.24) is 20.1 Å². The Morgan fingerprint density at radius 2 is 2.30 bits per heavy atom. The number of piperidine rings is 1. The van der Waals surface area contributed by atoms with E-state index in [1.807, 2.05) is 24.9 Å². The van der Waals surface area contributed by atoms with Gasteiger partial charge in [0.05, 0.1) is 12.6 Å².